The number of nitrogens with zero attached hydrogens (tertiary/aromatic N) is 3. The lowest BCUT2D eigenvalue weighted by molar-refractivity contribution is -0.127. The van der Waals surface area contributed by atoms with Crippen molar-refractivity contribution in [3.05, 3.63) is 41.5 Å². The highest BCUT2D eigenvalue weighted by Gasteiger charge is 2.22. The number of carbonyl (C=O) groups is 1. The van der Waals surface area contributed by atoms with Gasteiger partial charge in [0.15, 0.2) is 0 Å². The predicted molar refractivity (Wildman–Crippen MR) is 87.7 cm³/mol. The Morgan fingerprint density at radius 1 is 1.42 bits per heavy atom. The van der Waals surface area contributed by atoms with Crippen molar-refractivity contribution in [1.82, 2.24) is 20.1 Å². The van der Waals surface area contributed by atoms with Crippen LogP contribution in [0.3, 0.4) is 0 Å². The Labute approximate surface area is 141 Å². The highest BCUT2D eigenvalue weighted by Crippen LogP contribution is 2.15. The molecule has 0 aliphatic carbocycles. The summed E-state index contributed by atoms with van der Waals surface area (Å²) < 4.78 is 12.7. The largest absolute Gasteiger partial charge is 0.497 e. The van der Waals surface area contributed by atoms with Gasteiger partial charge in [0.2, 0.25) is 5.91 Å². The van der Waals surface area contributed by atoms with E-state index in [1.807, 2.05) is 31.2 Å². The van der Waals surface area contributed by atoms with Gasteiger partial charge in [0.1, 0.15) is 24.0 Å². The molecule has 0 saturated carbocycles. The Kier molecular flexibility index (Phi) is 5.10. The number of aromatic nitrogens is 3. The molecule has 1 N–H and O–H groups in total. The summed E-state index contributed by atoms with van der Waals surface area (Å²) in [5.74, 6) is 2.56. The molecular weight excluding hydrogens is 308 g/mol. The summed E-state index contributed by atoms with van der Waals surface area (Å²) in [6.07, 6.45) is 1.70. The van der Waals surface area contributed by atoms with E-state index in [1.165, 1.54) is 0 Å². The van der Waals surface area contributed by atoms with E-state index in [9.17, 15) is 4.79 Å². The van der Waals surface area contributed by atoms with Crippen molar-refractivity contribution in [3.63, 3.8) is 0 Å². The molecule has 0 saturated heterocycles. The highest BCUT2D eigenvalue weighted by molar-refractivity contribution is 5.77. The van der Waals surface area contributed by atoms with Gasteiger partial charge in [0.05, 0.1) is 13.7 Å². The van der Waals surface area contributed by atoms with Gasteiger partial charge >= 0.3 is 0 Å². The minimum atomic E-state index is -0.0999. The van der Waals surface area contributed by atoms with Gasteiger partial charge in [-0.05, 0) is 31.0 Å². The van der Waals surface area contributed by atoms with Crippen molar-refractivity contribution in [1.29, 1.82) is 0 Å². The number of aryl methyl sites for hydroxylation is 2. The molecule has 7 heteroatoms. The minimum absolute atomic E-state index is 0.0434. The summed E-state index contributed by atoms with van der Waals surface area (Å²) in [6, 6.07) is 7.71. The SMILES string of the molecule is COc1cccc(COCC(=O)N[C@@H]2CCc3nnc(C)n3C2)c1. The molecule has 128 valence electrons. The van der Waals surface area contributed by atoms with Crippen LogP contribution in [0.2, 0.25) is 0 Å². The van der Waals surface area contributed by atoms with Gasteiger partial charge in [0.25, 0.3) is 0 Å². The Bertz CT molecular complexity index is 714. The van der Waals surface area contributed by atoms with E-state index in [-0.39, 0.29) is 18.6 Å². The van der Waals surface area contributed by atoms with Crippen molar-refractivity contribution in [2.75, 3.05) is 13.7 Å². The number of benzene rings is 1. The maximum atomic E-state index is 12.1. The van der Waals surface area contributed by atoms with Crippen LogP contribution in [0.1, 0.15) is 23.6 Å². The van der Waals surface area contributed by atoms with Crippen LogP contribution in [0, 0.1) is 6.92 Å². The number of amides is 1. The quantitative estimate of drug-likeness (QED) is 0.862. The van der Waals surface area contributed by atoms with E-state index in [2.05, 4.69) is 20.1 Å². The average Bonchev–Trinajstić information content (AvgIpc) is 2.96. The predicted octanol–water partition coefficient (Wildman–Crippen LogP) is 1.24. The third-order valence-corrected chi connectivity index (χ3v) is 4.13. The standard InChI is InChI=1S/C17H22N4O3/c1-12-19-20-16-7-6-14(9-21(12)16)18-17(22)11-24-10-13-4-3-5-15(8-13)23-2/h3-5,8,14H,6-7,9-11H2,1-2H3,(H,18,22)/t14-/m1/s1. The van der Waals surface area contributed by atoms with Crippen LogP contribution in [-0.4, -0.2) is 40.4 Å². The Hall–Kier alpha value is -2.41. The van der Waals surface area contributed by atoms with Gasteiger partial charge in [-0.2, -0.15) is 0 Å². The lowest BCUT2D eigenvalue weighted by Crippen LogP contribution is -2.42. The van der Waals surface area contributed by atoms with Gasteiger partial charge in [-0.15, -0.1) is 10.2 Å². The smallest absolute Gasteiger partial charge is 0.246 e. The van der Waals surface area contributed by atoms with E-state index < -0.39 is 0 Å². The van der Waals surface area contributed by atoms with Crippen molar-refractivity contribution >= 4 is 5.91 Å². The summed E-state index contributed by atoms with van der Waals surface area (Å²) in [4.78, 5) is 12.1. The van der Waals surface area contributed by atoms with E-state index in [0.29, 0.717) is 6.61 Å². The number of fused-ring (bicyclic) bond motifs is 1. The number of carbonyl (C=O) groups excluding carboxylic acids is 1. The second kappa shape index (κ2) is 7.44. The monoisotopic (exact) mass is 330 g/mol. The van der Waals surface area contributed by atoms with Crippen molar-refractivity contribution < 1.29 is 14.3 Å². The molecule has 7 nitrogen and oxygen atoms in total. The molecule has 0 fully saturated rings. The van der Waals surface area contributed by atoms with Crippen LogP contribution < -0.4 is 10.1 Å². The van der Waals surface area contributed by atoms with Gasteiger partial charge in [-0.25, -0.2) is 0 Å². The maximum Gasteiger partial charge on any atom is 0.246 e. The van der Waals surface area contributed by atoms with Gasteiger partial charge in [-0.1, -0.05) is 12.1 Å². The molecule has 3 rings (SSSR count). The number of hydrogen-bond acceptors (Lipinski definition) is 5. The zero-order chi connectivity index (χ0) is 16.9. The third-order valence-electron chi connectivity index (χ3n) is 4.13. The van der Waals surface area contributed by atoms with Crippen LogP contribution in [-0.2, 0) is 29.1 Å². The number of methoxy groups -OCH3 is 1. The summed E-state index contributed by atoms with van der Waals surface area (Å²) in [7, 11) is 1.63. The molecule has 1 aromatic carbocycles. The second-order valence-corrected chi connectivity index (χ2v) is 5.92. The molecular formula is C17H22N4O3. The van der Waals surface area contributed by atoms with E-state index in [0.717, 1.165) is 42.3 Å². The molecule has 2 aromatic rings. The molecule has 1 aliphatic rings. The number of ether oxygens (including phenoxy) is 2. The van der Waals surface area contributed by atoms with Crippen LogP contribution in [0.4, 0.5) is 0 Å². The normalized spacial score (nSPS) is 16.5. The van der Waals surface area contributed by atoms with Crippen molar-refractivity contribution in [2.45, 2.75) is 39.0 Å². The fourth-order valence-electron chi connectivity index (χ4n) is 2.87. The molecule has 0 bridgehead atoms. The minimum Gasteiger partial charge on any atom is -0.497 e. The van der Waals surface area contributed by atoms with Gasteiger partial charge < -0.3 is 19.4 Å². The zero-order valence-electron chi connectivity index (χ0n) is 14.0. The summed E-state index contributed by atoms with van der Waals surface area (Å²) in [6.45, 7) is 3.07. The topological polar surface area (TPSA) is 78.3 Å². The molecule has 1 aliphatic heterocycles. The molecule has 1 atom stereocenters. The Balaban J connectivity index is 1.44. The first-order valence-corrected chi connectivity index (χ1v) is 8.04. The maximum absolute atomic E-state index is 12.1. The fourth-order valence-corrected chi connectivity index (χ4v) is 2.87. The van der Waals surface area contributed by atoms with Crippen LogP contribution in [0.15, 0.2) is 24.3 Å². The molecule has 2 heterocycles. The summed E-state index contributed by atoms with van der Waals surface area (Å²) in [5, 5.41) is 11.2. The highest BCUT2D eigenvalue weighted by atomic mass is 16.5. The Morgan fingerprint density at radius 2 is 2.29 bits per heavy atom. The van der Waals surface area contributed by atoms with E-state index >= 15 is 0 Å². The van der Waals surface area contributed by atoms with Crippen molar-refractivity contribution in [2.24, 2.45) is 0 Å². The fraction of sp³-hybridized carbons (Fsp3) is 0.471. The molecule has 24 heavy (non-hydrogen) atoms. The molecule has 0 radical (unpaired) electrons. The first-order chi connectivity index (χ1) is 11.7. The third kappa shape index (κ3) is 3.91. The number of hydrogen-bond donors (Lipinski definition) is 1. The van der Waals surface area contributed by atoms with Crippen LogP contribution in [0.25, 0.3) is 0 Å². The van der Waals surface area contributed by atoms with Crippen molar-refractivity contribution in [3.8, 4) is 5.75 Å². The lowest BCUT2D eigenvalue weighted by atomic mass is 10.1. The summed E-state index contributed by atoms with van der Waals surface area (Å²) in [5.41, 5.74) is 0.976. The van der Waals surface area contributed by atoms with E-state index in [1.54, 1.807) is 7.11 Å². The van der Waals surface area contributed by atoms with E-state index in [4.69, 9.17) is 9.47 Å². The molecule has 0 spiro atoms. The Morgan fingerprint density at radius 3 is 3.12 bits per heavy atom. The zero-order valence-corrected chi connectivity index (χ0v) is 14.0. The van der Waals surface area contributed by atoms with Crippen LogP contribution >= 0.6 is 0 Å². The summed E-state index contributed by atoms with van der Waals surface area (Å²) >= 11 is 0. The lowest BCUT2D eigenvalue weighted by Gasteiger charge is -2.24. The first kappa shape index (κ1) is 16.4. The molecule has 0 unspecified atom stereocenters. The molecule has 1 amide bonds. The number of nitrogens with one attached hydrogen (secondary N) is 1. The number of rotatable bonds is 6. The molecule has 1 aromatic heterocycles. The average molecular weight is 330 g/mol. The first-order valence-electron chi connectivity index (χ1n) is 8.04. The van der Waals surface area contributed by atoms with Crippen LogP contribution in [0.5, 0.6) is 5.75 Å². The second-order valence-electron chi connectivity index (χ2n) is 5.92. The van der Waals surface area contributed by atoms with Gasteiger partial charge in [-0.3, -0.25) is 4.79 Å². The van der Waals surface area contributed by atoms with Gasteiger partial charge in [0, 0.05) is 19.0 Å².